The van der Waals surface area contributed by atoms with E-state index in [0.29, 0.717) is 0 Å². The average molecular weight is 208 g/mol. The van der Waals surface area contributed by atoms with Crippen LogP contribution in [0.2, 0.25) is 0 Å². The highest BCUT2D eigenvalue weighted by atomic mass is 35.5. The molecule has 0 aliphatic carbocycles. The molecule has 13 heavy (non-hydrogen) atoms. The van der Waals surface area contributed by atoms with Crippen molar-refractivity contribution in [3.05, 3.63) is 39.4 Å². The van der Waals surface area contributed by atoms with Crippen LogP contribution in [-0.2, 0) is 5.88 Å². The molecule has 1 aromatic rings. The van der Waals surface area contributed by atoms with E-state index in [4.69, 9.17) is 11.6 Å². The van der Waals surface area contributed by atoms with Gasteiger partial charge in [0.1, 0.15) is 5.82 Å². The molecule has 0 atom stereocenters. The van der Waals surface area contributed by atoms with Crippen molar-refractivity contribution in [2.45, 2.75) is 5.88 Å². The molecule has 0 aliphatic rings. The van der Waals surface area contributed by atoms with Gasteiger partial charge in [0.25, 0.3) is 0 Å². The van der Waals surface area contributed by atoms with Gasteiger partial charge in [-0.25, -0.2) is 4.39 Å². The first-order valence-corrected chi connectivity index (χ1v) is 3.78. The fourth-order valence-electron chi connectivity index (χ4n) is 0.849. The quantitative estimate of drug-likeness (QED) is 0.425. The minimum Gasteiger partial charge on any atom is -0.258 e. The van der Waals surface area contributed by atoms with Crippen molar-refractivity contribution < 1.29 is 13.7 Å². The molecule has 6 heteroatoms. The van der Waals surface area contributed by atoms with Crippen LogP contribution in [0, 0.1) is 21.7 Å². The predicted molar refractivity (Wildman–Crippen MR) is 42.6 cm³/mol. The normalized spacial score (nSPS) is 10.1. The van der Waals surface area contributed by atoms with Gasteiger partial charge in [0.05, 0.1) is 10.8 Å². The highest BCUT2D eigenvalue weighted by Crippen LogP contribution is 2.23. The van der Waals surface area contributed by atoms with E-state index in [9.17, 15) is 18.9 Å². The van der Waals surface area contributed by atoms with E-state index < -0.39 is 33.7 Å². The number of halogens is 3. The minimum atomic E-state index is -1.21. The molecular formula is C7H4ClF2NO2. The Balaban J connectivity index is 3.35. The van der Waals surface area contributed by atoms with E-state index in [1.54, 1.807) is 0 Å². The smallest absolute Gasteiger partial charge is 0.258 e. The van der Waals surface area contributed by atoms with Crippen molar-refractivity contribution in [2.24, 2.45) is 0 Å². The molecule has 0 heterocycles. The lowest BCUT2D eigenvalue weighted by atomic mass is 10.2. The molecule has 1 rings (SSSR count). The van der Waals surface area contributed by atoms with Crippen molar-refractivity contribution >= 4 is 17.3 Å². The lowest BCUT2D eigenvalue weighted by Gasteiger charge is -2.00. The summed E-state index contributed by atoms with van der Waals surface area (Å²) in [7, 11) is 0. The first kappa shape index (κ1) is 9.85. The number of hydrogen-bond donors (Lipinski definition) is 0. The monoisotopic (exact) mass is 207 g/mol. The SMILES string of the molecule is O=[N+]([O-])c1ccc(F)c(CCl)c1F. The maximum Gasteiger partial charge on any atom is 0.305 e. The van der Waals surface area contributed by atoms with Gasteiger partial charge in [0, 0.05) is 11.6 Å². The standard InChI is InChI=1S/C7H4ClF2NO2/c8-3-4-5(9)1-2-6(7(4)10)11(12)13/h1-2H,3H2. The van der Waals surface area contributed by atoms with Crippen LogP contribution in [0.1, 0.15) is 5.56 Å². The zero-order chi connectivity index (χ0) is 10.0. The minimum absolute atomic E-state index is 0.431. The summed E-state index contributed by atoms with van der Waals surface area (Å²) in [6, 6.07) is 1.58. The fourth-order valence-corrected chi connectivity index (χ4v) is 1.09. The molecule has 0 aromatic heterocycles. The second-order valence-corrected chi connectivity index (χ2v) is 2.52. The summed E-state index contributed by atoms with van der Waals surface area (Å²) in [6.45, 7) is 0. The zero-order valence-electron chi connectivity index (χ0n) is 6.26. The third kappa shape index (κ3) is 1.75. The Bertz CT molecular complexity index is 357. The van der Waals surface area contributed by atoms with Crippen molar-refractivity contribution in [1.82, 2.24) is 0 Å². The molecular weight excluding hydrogens is 204 g/mol. The average Bonchev–Trinajstić information content (AvgIpc) is 2.04. The van der Waals surface area contributed by atoms with Crippen LogP contribution >= 0.6 is 11.6 Å². The van der Waals surface area contributed by atoms with E-state index in [-0.39, 0.29) is 0 Å². The summed E-state index contributed by atoms with van der Waals surface area (Å²) >= 11 is 5.21. The lowest BCUT2D eigenvalue weighted by Crippen LogP contribution is -1.98. The van der Waals surface area contributed by atoms with Gasteiger partial charge >= 0.3 is 5.69 Å². The van der Waals surface area contributed by atoms with Crippen LogP contribution < -0.4 is 0 Å². The predicted octanol–water partition coefficient (Wildman–Crippen LogP) is 2.61. The maximum atomic E-state index is 13.0. The van der Waals surface area contributed by atoms with Gasteiger partial charge in [-0.1, -0.05) is 0 Å². The van der Waals surface area contributed by atoms with Crippen LogP contribution in [0.3, 0.4) is 0 Å². The van der Waals surface area contributed by atoms with E-state index in [2.05, 4.69) is 0 Å². The highest BCUT2D eigenvalue weighted by Gasteiger charge is 2.20. The van der Waals surface area contributed by atoms with Gasteiger partial charge in [0.15, 0.2) is 0 Å². The van der Waals surface area contributed by atoms with E-state index in [0.717, 1.165) is 12.1 Å². The fraction of sp³-hybridized carbons (Fsp3) is 0.143. The highest BCUT2D eigenvalue weighted by molar-refractivity contribution is 6.17. The van der Waals surface area contributed by atoms with E-state index in [1.165, 1.54) is 0 Å². The first-order valence-electron chi connectivity index (χ1n) is 3.25. The van der Waals surface area contributed by atoms with Crippen LogP contribution in [0.5, 0.6) is 0 Å². The first-order chi connectivity index (χ1) is 6.07. The topological polar surface area (TPSA) is 43.1 Å². The van der Waals surface area contributed by atoms with Gasteiger partial charge in [-0.2, -0.15) is 4.39 Å². The van der Waals surface area contributed by atoms with Gasteiger partial charge in [-0.3, -0.25) is 10.1 Å². The molecule has 3 nitrogen and oxygen atoms in total. The summed E-state index contributed by atoms with van der Waals surface area (Å²) in [5, 5.41) is 10.2. The summed E-state index contributed by atoms with van der Waals surface area (Å²) in [4.78, 5) is 9.28. The summed E-state index contributed by atoms with van der Waals surface area (Å²) < 4.78 is 25.8. The largest absolute Gasteiger partial charge is 0.305 e. The molecule has 0 fully saturated rings. The molecule has 0 spiro atoms. The molecule has 70 valence electrons. The molecule has 0 aliphatic heterocycles. The molecule has 1 aromatic carbocycles. The van der Waals surface area contributed by atoms with E-state index in [1.807, 2.05) is 0 Å². The molecule has 0 bridgehead atoms. The second kappa shape index (κ2) is 3.66. The Hall–Kier alpha value is -1.23. The molecule has 0 saturated carbocycles. The van der Waals surface area contributed by atoms with Crippen molar-refractivity contribution in [2.75, 3.05) is 0 Å². The lowest BCUT2D eigenvalue weighted by molar-refractivity contribution is -0.387. The Morgan fingerprint density at radius 3 is 2.54 bits per heavy atom. The Morgan fingerprint density at radius 1 is 1.46 bits per heavy atom. The number of alkyl halides is 1. The van der Waals surface area contributed by atoms with Crippen LogP contribution in [-0.4, -0.2) is 4.92 Å². The third-order valence-corrected chi connectivity index (χ3v) is 1.76. The summed E-state index contributed by atoms with van der Waals surface area (Å²) in [5.41, 5.74) is -1.24. The zero-order valence-corrected chi connectivity index (χ0v) is 7.02. The van der Waals surface area contributed by atoms with Gasteiger partial charge < -0.3 is 0 Å². The summed E-state index contributed by atoms with van der Waals surface area (Å²) in [6.07, 6.45) is 0. The number of hydrogen-bond acceptors (Lipinski definition) is 2. The maximum absolute atomic E-state index is 13.0. The van der Waals surface area contributed by atoms with Crippen molar-refractivity contribution in [3.8, 4) is 0 Å². The molecule has 0 N–H and O–H groups in total. The van der Waals surface area contributed by atoms with Gasteiger partial charge in [0.2, 0.25) is 5.82 Å². The Kier molecular flexibility index (Phi) is 2.77. The number of rotatable bonds is 2. The third-order valence-electron chi connectivity index (χ3n) is 1.50. The number of benzene rings is 1. The molecule has 0 amide bonds. The van der Waals surface area contributed by atoms with Gasteiger partial charge in [-0.05, 0) is 6.07 Å². The number of nitro benzene ring substituents is 1. The Labute approximate surface area is 77.1 Å². The Morgan fingerprint density at radius 2 is 2.08 bits per heavy atom. The van der Waals surface area contributed by atoms with Gasteiger partial charge in [-0.15, -0.1) is 11.6 Å². The number of nitro groups is 1. The molecule has 0 unspecified atom stereocenters. The van der Waals surface area contributed by atoms with Crippen LogP contribution in [0.25, 0.3) is 0 Å². The number of nitrogens with zero attached hydrogens (tertiary/aromatic N) is 1. The molecule has 0 radical (unpaired) electrons. The van der Waals surface area contributed by atoms with E-state index >= 15 is 0 Å². The van der Waals surface area contributed by atoms with Crippen molar-refractivity contribution in [1.29, 1.82) is 0 Å². The van der Waals surface area contributed by atoms with Crippen LogP contribution in [0.15, 0.2) is 12.1 Å². The van der Waals surface area contributed by atoms with Crippen molar-refractivity contribution in [3.63, 3.8) is 0 Å². The molecule has 0 saturated heterocycles. The van der Waals surface area contributed by atoms with Crippen LogP contribution in [0.4, 0.5) is 14.5 Å². The second-order valence-electron chi connectivity index (χ2n) is 2.25. The summed E-state index contributed by atoms with van der Waals surface area (Å²) in [5.74, 6) is -2.52.